The van der Waals surface area contributed by atoms with Crippen molar-refractivity contribution in [3.8, 4) is 0 Å². The van der Waals surface area contributed by atoms with Gasteiger partial charge in [0.25, 0.3) is 0 Å². The molecule has 2 saturated carbocycles. The summed E-state index contributed by atoms with van der Waals surface area (Å²) in [6.45, 7) is 2.24. The molecule has 0 spiro atoms. The van der Waals surface area contributed by atoms with Crippen LogP contribution in [0.1, 0.15) is 71.1 Å². The molecule has 2 amide bonds. The first-order chi connectivity index (χ1) is 8.79. The number of amides is 2. The second kappa shape index (κ2) is 7.01. The quantitative estimate of drug-likeness (QED) is 0.792. The number of hydrogen-bond acceptors (Lipinski definition) is 1. The van der Waals surface area contributed by atoms with Crippen molar-refractivity contribution >= 4 is 6.03 Å². The van der Waals surface area contributed by atoms with Crippen molar-refractivity contribution in [2.45, 2.75) is 83.2 Å². The molecule has 2 rings (SSSR count). The molecule has 0 aromatic carbocycles. The highest BCUT2D eigenvalue weighted by Crippen LogP contribution is 2.26. The molecule has 3 heteroatoms. The van der Waals surface area contributed by atoms with E-state index in [0.717, 1.165) is 19.3 Å². The predicted molar refractivity (Wildman–Crippen MR) is 74.6 cm³/mol. The monoisotopic (exact) mass is 252 g/mol. The highest BCUT2D eigenvalue weighted by Gasteiger charge is 2.25. The van der Waals surface area contributed by atoms with Crippen molar-refractivity contribution in [3.63, 3.8) is 0 Å². The Labute approximate surface area is 111 Å². The molecule has 0 saturated heterocycles. The SMILES string of the molecule is CCC1CCCCC1NC(=O)NC1CCCCC1. The van der Waals surface area contributed by atoms with Crippen LogP contribution in [0.2, 0.25) is 0 Å². The van der Waals surface area contributed by atoms with Crippen LogP contribution in [-0.2, 0) is 0 Å². The number of nitrogens with one attached hydrogen (secondary N) is 2. The van der Waals surface area contributed by atoms with Gasteiger partial charge in [-0.15, -0.1) is 0 Å². The lowest BCUT2D eigenvalue weighted by molar-refractivity contribution is 0.209. The van der Waals surface area contributed by atoms with Gasteiger partial charge in [0.1, 0.15) is 0 Å². The predicted octanol–water partition coefficient (Wildman–Crippen LogP) is 3.59. The summed E-state index contributed by atoms with van der Waals surface area (Å²) in [5, 5.41) is 6.38. The van der Waals surface area contributed by atoms with Gasteiger partial charge < -0.3 is 10.6 Å². The molecule has 0 aliphatic heterocycles. The van der Waals surface area contributed by atoms with Gasteiger partial charge in [-0.3, -0.25) is 0 Å². The maximum absolute atomic E-state index is 12.0. The van der Waals surface area contributed by atoms with Gasteiger partial charge in [0.15, 0.2) is 0 Å². The molecular weight excluding hydrogens is 224 g/mol. The van der Waals surface area contributed by atoms with E-state index in [1.54, 1.807) is 0 Å². The fourth-order valence-corrected chi connectivity index (χ4v) is 3.53. The summed E-state index contributed by atoms with van der Waals surface area (Å²) in [7, 11) is 0. The summed E-state index contributed by atoms with van der Waals surface area (Å²) in [5.74, 6) is 0.691. The van der Waals surface area contributed by atoms with Gasteiger partial charge in [-0.25, -0.2) is 4.79 Å². The average molecular weight is 252 g/mol. The van der Waals surface area contributed by atoms with E-state index in [0.29, 0.717) is 18.0 Å². The smallest absolute Gasteiger partial charge is 0.315 e. The molecule has 18 heavy (non-hydrogen) atoms. The summed E-state index contributed by atoms with van der Waals surface area (Å²) in [4.78, 5) is 12.0. The maximum atomic E-state index is 12.0. The first-order valence-electron chi connectivity index (χ1n) is 7.86. The minimum absolute atomic E-state index is 0.0762. The van der Waals surface area contributed by atoms with Crippen molar-refractivity contribution in [1.82, 2.24) is 10.6 Å². The average Bonchev–Trinajstić information content (AvgIpc) is 2.40. The maximum Gasteiger partial charge on any atom is 0.315 e. The fraction of sp³-hybridized carbons (Fsp3) is 0.933. The van der Waals surface area contributed by atoms with E-state index in [4.69, 9.17) is 0 Å². The summed E-state index contributed by atoms with van der Waals surface area (Å²) in [6.07, 6.45) is 12.4. The van der Waals surface area contributed by atoms with Gasteiger partial charge in [-0.1, -0.05) is 45.4 Å². The van der Waals surface area contributed by atoms with Crippen molar-refractivity contribution in [1.29, 1.82) is 0 Å². The number of hydrogen-bond donors (Lipinski definition) is 2. The van der Waals surface area contributed by atoms with Gasteiger partial charge in [-0.2, -0.15) is 0 Å². The molecule has 2 aliphatic carbocycles. The van der Waals surface area contributed by atoms with Crippen molar-refractivity contribution in [3.05, 3.63) is 0 Å². The Kier molecular flexibility index (Phi) is 5.33. The van der Waals surface area contributed by atoms with E-state index in [1.165, 1.54) is 44.9 Å². The van der Waals surface area contributed by atoms with Gasteiger partial charge in [-0.05, 0) is 31.6 Å². The normalized spacial score (nSPS) is 29.8. The first-order valence-corrected chi connectivity index (χ1v) is 7.86. The lowest BCUT2D eigenvalue weighted by atomic mass is 9.83. The van der Waals surface area contributed by atoms with Gasteiger partial charge in [0, 0.05) is 12.1 Å². The minimum atomic E-state index is 0.0762. The van der Waals surface area contributed by atoms with E-state index >= 15 is 0 Å². The molecule has 2 atom stereocenters. The molecule has 2 aliphatic rings. The number of urea groups is 1. The van der Waals surface area contributed by atoms with Crippen molar-refractivity contribution in [2.75, 3.05) is 0 Å². The lowest BCUT2D eigenvalue weighted by Gasteiger charge is -2.32. The molecule has 0 bridgehead atoms. The number of rotatable bonds is 3. The van der Waals surface area contributed by atoms with E-state index < -0.39 is 0 Å². The second-order valence-electron chi connectivity index (χ2n) is 6.01. The molecule has 0 heterocycles. The van der Waals surface area contributed by atoms with Crippen molar-refractivity contribution in [2.24, 2.45) is 5.92 Å². The zero-order valence-corrected chi connectivity index (χ0v) is 11.7. The standard InChI is InChI=1S/C15H28N2O/c1-2-12-8-6-7-11-14(12)17-15(18)16-13-9-4-3-5-10-13/h12-14H,2-11H2,1H3,(H2,16,17,18). The zero-order valence-electron chi connectivity index (χ0n) is 11.7. The zero-order chi connectivity index (χ0) is 12.8. The Bertz CT molecular complexity index is 261. The summed E-state index contributed by atoms with van der Waals surface area (Å²) in [6, 6.07) is 0.905. The van der Waals surface area contributed by atoms with Crippen molar-refractivity contribution < 1.29 is 4.79 Å². The first kappa shape index (κ1) is 13.7. The molecule has 0 aromatic rings. The molecule has 2 fully saturated rings. The Morgan fingerprint density at radius 2 is 1.61 bits per heavy atom. The van der Waals surface area contributed by atoms with Crippen LogP contribution < -0.4 is 10.6 Å². The number of carbonyl (C=O) groups excluding carboxylic acids is 1. The fourth-order valence-electron chi connectivity index (χ4n) is 3.53. The molecule has 104 valence electrons. The minimum Gasteiger partial charge on any atom is -0.335 e. The Morgan fingerprint density at radius 1 is 0.944 bits per heavy atom. The van der Waals surface area contributed by atoms with Gasteiger partial charge >= 0.3 is 6.03 Å². The van der Waals surface area contributed by atoms with Crippen LogP contribution in [0.4, 0.5) is 4.79 Å². The number of carbonyl (C=O) groups is 1. The van der Waals surface area contributed by atoms with Crippen LogP contribution in [-0.4, -0.2) is 18.1 Å². The molecule has 2 N–H and O–H groups in total. The van der Waals surface area contributed by atoms with Crippen LogP contribution in [0.15, 0.2) is 0 Å². The Hall–Kier alpha value is -0.730. The third-order valence-corrected chi connectivity index (χ3v) is 4.69. The van der Waals surface area contributed by atoms with Crippen LogP contribution in [0, 0.1) is 5.92 Å². The second-order valence-corrected chi connectivity index (χ2v) is 6.01. The third-order valence-electron chi connectivity index (χ3n) is 4.69. The summed E-state index contributed by atoms with van der Waals surface area (Å²) >= 11 is 0. The van der Waals surface area contributed by atoms with E-state index in [9.17, 15) is 4.79 Å². The van der Waals surface area contributed by atoms with Gasteiger partial charge in [0.05, 0.1) is 0 Å². The highest BCUT2D eigenvalue weighted by atomic mass is 16.2. The van der Waals surface area contributed by atoms with Crippen LogP contribution in [0.25, 0.3) is 0 Å². The molecule has 2 unspecified atom stereocenters. The largest absolute Gasteiger partial charge is 0.335 e. The topological polar surface area (TPSA) is 41.1 Å². The van der Waals surface area contributed by atoms with Gasteiger partial charge in [0.2, 0.25) is 0 Å². The Balaban J connectivity index is 1.75. The highest BCUT2D eigenvalue weighted by molar-refractivity contribution is 5.74. The molecule has 3 nitrogen and oxygen atoms in total. The van der Waals surface area contributed by atoms with Crippen LogP contribution >= 0.6 is 0 Å². The summed E-state index contributed by atoms with van der Waals surface area (Å²) in [5.41, 5.74) is 0. The molecule has 0 aromatic heterocycles. The summed E-state index contributed by atoms with van der Waals surface area (Å²) < 4.78 is 0. The van der Waals surface area contributed by atoms with E-state index in [1.807, 2.05) is 0 Å². The van der Waals surface area contributed by atoms with Crippen LogP contribution in [0.3, 0.4) is 0 Å². The lowest BCUT2D eigenvalue weighted by Crippen LogP contribution is -2.49. The molecule has 0 radical (unpaired) electrons. The van der Waals surface area contributed by atoms with Crippen LogP contribution in [0.5, 0.6) is 0 Å². The van der Waals surface area contributed by atoms with E-state index in [-0.39, 0.29) is 6.03 Å². The Morgan fingerprint density at radius 3 is 2.33 bits per heavy atom. The third kappa shape index (κ3) is 3.89. The molecular formula is C15H28N2O. The van der Waals surface area contributed by atoms with E-state index in [2.05, 4.69) is 17.6 Å².